The van der Waals surface area contributed by atoms with Crippen LogP contribution in [-0.2, 0) is 6.54 Å². The average molecular weight is 264 g/mol. The largest absolute Gasteiger partial charge is 0.477 e. The molecule has 104 valence electrons. The molecule has 0 bridgehead atoms. The van der Waals surface area contributed by atoms with E-state index >= 15 is 0 Å². The maximum Gasteiger partial charge on any atom is 0.352 e. The van der Waals surface area contributed by atoms with Crippen molar-refractivity contribution in [2.45, 2.75) is 38.3 Å². The number of nitrogens with zero attached hydrogens (tertiary/aromatic N) is 2. The van der Waals surface area contributed by atoms with Crippen molar-refractivity contribution in [1.82, 2.24) is 9.47 Å². The van der Waals surface area contributed by atoms with Crippen molar-refractivity contribution in [2.24, 2.45) is 0 Å². The molecule has 5 nitrogen and oxygen atoms in total. The first-order valence-electron chi connectivity index (χ1n) is 6.73. The number of aromatic nitrogens is 1. The Kier molecular flexibility index (Phi) is 4.37. The molecule has 19 heavy (non-hydrogen) atoms. The van der Waals surface area contributed by atoms with Gasteiger partial charge < -0.3 is 14.6 Å². The number of hydrogen-bond acceptors (Lipinski definition) is 3. The number of hydrogen-bond donors (Lipinski definition) is 1. The van der Waals surface area contributed by atoms with Crippen LogP contribution >= 0.6 is 0 Å². The Labute approximate surface area is 112 Å². The molecule has 0 spiro atoms. The van der Waals surface area contributed by atoms with Crippen molar-refractivity contribution in [3.05, 3.63) is 34.2 Å². The molecule has 0 aliphatic carbocycles. The lowest BCUT2D eigenvalue weighted by Crippen LogP contribution is -2.38. The molecule has 5 heteroatoms. The van der Waals surface area contributed by atoms with Gasteiger partial charge in [0.2, 0.25) is 0 Å². The molecule has 1 saturated heterocycles. The van der Waals surface area contributed by atoms with Crippen molar-refractivity contribution in [1.29, 1.82) is 0 Å². The van der Waals surface area contributed by atoms with E-state index in [9.17, 15) is 9.59 Å². The zero-order valence-corrected chi connectivity index (χ0v) is 11.2. The van der Waals surface area contributed by atoms with Crippen molar-refractivity contribution in [3.63, 3.8) is 0 Å². The molecular weight excluding hydrogens is 244 g/mol. The summed E-state index contributed by atoms with van der Waals surface area (Å²) in [5, 5.41) is 9.11. The van der Waals surface area contributed by atoms with Crippen LogP contribution in [0.3, 0.4) is 0 Å². The number of carbonyl (C=O) groups is 1. The first-order valence-corrected chi connectivity index (χ1v) is 6.73. The minimum atomic E-state index is -1.05. The Morgan fingerprint density at radius 1 is 1.42 bits per heavy atom. The van der Waals surface area contributed by atoms with Crippen LogP contribution < -0.4 is 5.56 Å². The van der Waals surface area contributed by atoms with Gasteiger partial charge in [-0.05, 0) is 38.9 Å². The average Bonchev–Trinajstić information content (AvgIpc) is 2.38. The van der Waals surface area contributed by atoms with E-state index in [2.05, 4.69) is 11.9 Å². The summed E-state index contributed by atoms with van der Waals surface area (Å²) in [5.41, 5.74) is -0.163. The number of carboxylic acid groups (broad SMARTS) is 1. The normalized spacial score (nSPS) is 20.4. The highest BCUT2D eigenvalue weighted by atomic mass is 16.4. The third-order valence-electron chi connectivity index (χ3n) is 3.88. The van der Waals surface area contributed by atoms with Gasteiger partial charge in [0.25, 0.3) is 5.56 Å². The summed E-state index contributed by atoms with van der Waals surface area (Å²) in [5.74, 6) is -1.05. The molecule has 1 aliphatic heterocycles. The van der Waals surface area contributed by atoms with E-state index in [0.717, 1.165) is 19.4 Å². The highest BCUT2D eigenvalue weighted by Crippen LogP contribution is 2.18. The lowest BCUT2D eigenvalue weighted by Gasteiger charge is -2.32. The summed E-state index contributed by atoms with van der Waals surface area (Å²) >= 11 is 0. The third kappa shape index (κ3) is 3.23. The van der Waals surface area contributed by atoms with Crippen LogP contribution in [0.1, 0.15) is 36.2 Å². The molecule has 0 amide bonds. The van der Waals surface area contributed by atoms with E-state index in [-0.39, 0.29) is 11.3 Å². The number of carboxylic acids is 1. The van der Waals surface area contributed by atoms with Gasteiger partial charge in [0.1, 0.15) is 5.69 Å². The Bertz CT molecular complexity index is 510. The predicted octanol–water partition coefficient (Wildman–Crippen LogP) is 1.42. The van der Waals surface area contributed by atoms with Crippen molar-refractivity contribution < 1.29 is 9.90 Å². The zero-order chi connectivity index (χ0) is 13.8. The smallest absolute Gasteiger partial charge is 0.352 e. The lowest BCUT2D eigenvalue weighted by atomic mass is 10.00. The van der Waals surface area contributed by atoms with E-state index in [0.29, 0.717) is 12.6 Å². The fraction of sp³-hybridized carbons (Fsp3) is 0.571. The van der Waals surface area contributed by atoms with Crippen molar-refractivity contribution >= 4 is 5.97 Å². The van der Waals surface area contributed by atoms with Crippen LogP contribution in [-0.4, -0.2) is 40.2 Å². The highest BCUT2D eigenvalue weighted by molar-refractivity contribution is 5.85. The lowest BCUT2D eigenvalue weighted by molar-refractivity contribution is 0.0681. The van der Waals surface area contributed by atoms with Gasteiger partial charge in [-0.25, -0.2) is 4.79 Å². The highest BCUT2D eigenvalue weighted by Gasteiger charge is 2.19. The summed E-state index contributed by atoms with van der Waals surface area (Å²) in [6, 6.07) is 4.84. The molecular formula is C14H20N2O3. The zero-order valence-electron chi connectivity index (χ0n) is 11.2. The van der Waals surface area contributed by atoms with Crippen LogP contribution in [0.5, 0.6) is 0 Å². The maximum atomic E-state index is 11.8. The summed E-state index contributed by atoms with van der Waals surface area (Å²) in [6.07, 6.45) is 4.38. The predicted molar refractivity (Wildman–Crippen MR) is 72.5 cm³/mol. The quantitative estimate of drug-likeness (QED) is 0.893. The number of aromatic carboxylic acids is 1. The SMILES string of the molecule is CN1CCCCC1CCn1c(C(=O)O)cccc1=O. The van der Waals surface area contributed by atoms with Crippen LogP contribution in [0.15, 0.2) is 23.0 Å². The Morgan fingerprint density at radius 3 is 2.89 bits per heavy atom. The number of rotatable bonds is 4. The van der Waals surface area contributed by atoms with Crippen molar-refractivity contribution in [2.75, 3.05) is 13.6 Å². The summed E-state index contributed by atoms with van der Waals surface area (Å²) in [6.45, 7) is 1.55. The molecule has 1 aliphatic rings. The second-order valence-electron chi connectivity index (χ2n) is 5.12. The van der Waals surface area contributed by atoms with Gasteiger partial charge in [0.05, 0.1) is 0 Å². The second kappa shape index (κ2) is 6.02. The van der Waals surface area contributed by atoms with Gasteiger partial charge in [-0.3, -0.25) is 4.79 Å². The van der Waals surface area contributed by atoms with Gasteiger partial charge in [-0.15, -0.1) is 0 Å². The monoisotopic (exact) mass is 264 g/mol. The molecule has 0 aromatic carbocycles. The molecule has 0 radical (unpaired) electrons. The first-order chi connectivity index (χ1) is 9.09. The molecule has 1 atom stereocenters. The maximum absolute atomic E-state index is 11.8. The molecule has 0 saturated carbocycles. The Balaban J connectivity index is 2.10. The molecule has 1 aromatic rings. The Hall–Kier alpha value is -1.62. The molecule has 2 heterocycles. The number of likely N-dealkylation sites (tertiary alicyclic amines) is 1. The summed E-state index contributed by atoms with van der Waals surface area (Å²) in [7, 11) is 2.09. The van der Waals surface area contributed by atoms with E-state index in [1.54, 1.807) is 0 Å². The molecule has 1 fully saturated rings. The topological polar surface area (TPSA) is 62.5 Å². The molecule has 1 N–H and O–H groups in total. The minimum absolute atomic E-state index is 0.0750. The third-order valence-corrected chi connectivity index (χ3v) is 3.88. The fourth-order valence-electron chi connectivity index (χ4n) is 2.72. The standard InChI is InChI=1S/C14H20N2O3/c1-15-9-3-2-5-11(15)8-10-16-12(14(18)19)6-4-7-13(16)17/h4,6-7,11H,2-3,5,8-10H2,1H3,(H,18,19). The fourth-order valence-corrected chi connectivity index (χ4v) is 2.72. The van der Waals surface area contributed by atoms with E-state index < -0.39 is 5.97 Å². The van der Waals surface area contributed by atoms with E-state index in [1.165, 1.54) is 35.6 Å². The van der Waals surface area contributed by atoms with Crippen LogP contribution in [0.2, 0.25) is 0 Å². The number of pyridine rings is 1. The molecule has 1 aromatic heterocycles. The summed E-state index contributed by atoms with van der Waals surface area (Å²) < 4.78 is 1.37. The Morgan fingerprint density at radius 2 is 2.21 bits per heavy atom. The molecule has 2 rings (SSSR count). The van der Waals surface area contributed by atoms with Crippen LogP contribution in [0.4, 0.5) is 0 Å². The van der Waals surface area contributed by atoms with Gasteiger partial charge in [0, 0.05) is 18.7 Å². The first kappa shape index (κ1) is 13.8. The number of piperidine rings is 1. The van der Waals surface area contributed by atoms with E-state index in [1.807, 2.05) is 0 Å². The van der Waals surface area contributed by atoms with Crippen LogP contribution in [0.25, 0.3) is 0 Å². The minimum Gasteiger partial charge on any atom is -0.477 e. The van der Waals surface area contributed by atoms with Crippen LogP contribution in [0, 0.1) is 0 Å². The van der Waals surface area contributed by atoms with Gasteiger partial charge in [0.15, 0.2) is 0 Å². The van der Waals surface area contributed by atoms with Gasteiger partial charge >= 0.3 is 5.97 Å². The van der Waals surface area contributed by atoms with Crippen molar-refractivity contribution in [3.8, 4) is 0 Å². The summed E-state index contributed by atoms with van der Waals surface area (Å²) in [4.78, 5) is 25.2. The second-order valence-corrected chi connectivity index (χ2v) is 5.12. The van der Waals surface area contributed by atoms with Gasteiger partial charge in [-0.2, -0.15) is 0 Å². The molecule has 1 unspecified atom stereocenters. The van der Waals surface area contributed by atoms with Gasteiger partial charge in [-0.1, -0.05) is 12.5 Å². The van der Waals surface area contributed by atoms with E-state index in [4.69, 9.17) is 5.11 Å².